The number of rotatable bonds is 4. The summed E-state index contributed by atoms with van der Waals surface area (Å²) in [6, 6.07) is 11.7. The maximum atomic E-state index is 12.1. The summed E-state index contributed by atoms with van der Waals surface area (Å²) in [5.74, 6) is 0.0404. The van der Waals surface area contributed by atoms with Crippen LogP contribution in [0.15, 0.2) is 42.6 Å². The first-order valence-corrected chi connectivity index (χ1v) is 9.03. The lowest BCUT2D eigenvalue weighted by Gasteiger charge is -2.22. The molecule has 5 heteroatoms. The van der Waals surface area contributed by atoms with Crippen molar-refractivity contribution in [3.63, 3.8) is 0 Å². The molecule has 0 unspecified atom stereocenters. The van der Waals surface area contributed by atoms with Gasteiger partial charge in [0.25, 0.3) is 5.91 Å². The van der Waals surface area contributed by atoms with E-state index in [4.69, 9.17) is 5.73 Å². The number of amides is 1. The first-order chi connectivity index (χ1) is 12.7. The van der Waals surface area contributed by atoms with Crippen molar-refractivity contribution in [1.82, 2.24) is 10.3 Å². The van der Waals surface area contributed by atoms with Crippen molar-refractivity contribution in [2.45, 2.75) is 25.4 Å². The quantitative estimate of drug-likeness (QED) is 0.584. The molecule has 1 aliphatic rings. The monoisotopic (exact) mass is 349 g/mol. The van der Waals surface area contributed by atoms with Crippen LogP contribution < -0.4 is 11.1 Å². The Balaban J connectivity index is 1.89. The molecular formula is C21H23N3O2. The molecule has 134 valence electrons. The Morgan fingerprint density at radius 1 is 1.15 bits per heavy atom. The highest BCUT2D eigenvalue weighted by molar-refractivity contribution is 6.07. The van der Waals surface area contributed by atoms with Gasteiger partial charge in [-0.2, -0.15) is 0 Å². The summed E-state index contributed by atoms with van der Waals surface area (Å²) >= 11 is 0. The molecule has 3 aromatic rings. The lowest BCUT2D eigenvalue weighted by Crippen LogP contribution is -2.26. The summed E-state index contributed by atoms with van der Waals surface area (Å²) in [6.45, 7) is 2.01. The van der Waals surface area contributed by atoms with Gasteiger partial charge in [-0.25, -0.2) is 0 Å². The zero-order chi connectivity index (χ0) is 18.1. The summed E-state index contributed by atoms with van der Waals surface area (Å²) in [7, 11) is 0. The molecule has 2 aromatic carbocycles. The average molecular weight is 349 g/mol. The molecule has 0 atom stereocenters. The molecule has 1 aliphatic heterocycles. The van der Waals surface area contributed by atoms with E-state index in [9.17, 15) is 9.90 Å². The molecule has 0 aliphatic carbocycles. The zero-order valence-electron chi connectivity index (χ0n) is 14.6. The van der Waals surface area contributed by atoms with Crippen LogP contribution in [0.1, 0.15) is 40.2 Å². The van der Waals surface area contributed by atoms with Crippen LogP contribution in [0.25, 0.3) is 22.0 Å². The number of nitrogens with one attached hydrogen (secondary N) is 2. The van der Waals surface area contributed by atoms with Crippen LogP contribution in [0.3, 0.4) is 0 Å². The molecule has 0 spiro atoms. The summed E-state index contributed by atoms with van der Waals surface area (Å²) in [4.78, 5) is 15.3. The summed E-state index contributed by atoms with van der Waals surface area (Å²) in [6.07, 6.45) is 4.20. The maximum Gasteiger partial charge on any atom is 0.250 e. The predicted octanol–water partition coefficient (Wildman–Crippen LogP) is 2.89. The Morgan fingerprint density at radius 3 is 2.69 bits per heavy atom. The second kappa shape index (κ2) is 6.94. The number of aromatic amines is 1. The fourth-order valence-corrected chi connectivity index (χ4v) is 3.93. The van der Waals surface area contributed by atoms with E-state index in [1.54, 1.807) is 0 Å². The molecule has 1 fully saturated rings. The van der Waals surface area contributed by atoms with Crippen LogP contribution in [-0.2, 0) is 6.61 Å². The third kappa shape index (κ3) is 3.00. The number of aromatic nitrogens is 1. The van der Waals surface area contributed by atoms with E-state index in [0.717, 1.165) is 53.5 Å². The number of primary amides is 1. The van der Waals surface area contributed by atoms with Crippen LogP contribution in [0.2, 0.25) is 0 Å². The maximum absolute atomic E-state index is 12.1. The van der Waals surface area contributed by atoms with Gasteiger partial charge in [0.15, 0.2) is 0 Å². The van der Waals surface area contributed by atoms with Gasteiger partial charge in [0.2, 0.25) is 0 Å². The SMILES string of the molecule is NC(=O)c1cc(-c2cccc(CO)c2)cc2c(C3CCNCC3)c[nH]c12. The number of fused-ring (bicyclic) bond motifs is 1. The number of benzene rings is 2. The first-order valence-electron chi connectivity index (χ1n) is 9.03. The van der Waals surface area contributed by atoms with E-state index in [2.05, 4.69) is 16.4 Å². The highest BCUT2D eigenvalue weighted by Gasteiger charge is 2.21. The first kappa shape index (κ1) is 16.8. The summed E-state index contributed by atoms with van der Waals surface area (Å²) in [5.41, 5.74) is 11.0. The molecule has 5 nitrogen and oxygen atoms in total. The zero-order valence-corrected chi connectivity index (χ0v) is 14.6. The summed E-state index contributed by atoms with van der Waals surface area (Å²) in [5, 5.41) is 13.9. The number of carbonyl (C=O) groups is 1. The minimum Gasteiger partial charge on any atom is -0.392 e. The Bertz CT molecular complexity index is 955. The molecule has 1 aromatic heterocycles. The van der Waals surface area contributed by atoms with Gasteiger partial charge in [-0.1, -0.05) is 18.2 Å². The van der Waals surface area contributed by atoms with Gasteiger partial charge in [0.05, 0.1) is 17.7 Å². The Kier molecular flexibility index (Phi) is 4.49. The van der Waals surface area contributed by atoms with Crippen molar-refractivity contribution in [1.29, 1.82) is 0 Å². The largest absolute Gasteiger partial charge is 0.392 e. The fraction of sp³-hybridized carbons (Fsp3) is 0.286. The fourth-order valence-electron chi connectivity index (χ4n) is 3.93. The lowest BCUT2D eigenvalue weighted by atomic mass is 9.88. The van der Waals surface area contributed by atoms with Gasteiger partial charge < -0.3 is 21.1 Å². The van der Waals surface area contributed by atoms with Gasteiger partial charge >= 0.3 is 0 Å². The molecule has 26 heavy (non-hydrogen) atoms. The molecule has 0 saturated carbocycles. The van der Waals surface area contributed by atoms with Gasteiger partial charge in [0, 0.05) is 11.6 Å². The lowest BCUT2D eigenvalue weighted by molar-refractivity contribution is 0.100. The van der Waals surface area contributed by atoms with Crippen LogP contribution >= 0.6 is 0 Å². The number of hydrogen-bond donors (Lipinski definition) is 4. The number of H-pyrrole nitrogens is 1. The van der Waals surface area contributed by atoms with Crippen LogP contribution in [0.4, 0.5) is 0 Å². The van der Waals surface area contributed by atoms with Crippen molar-refractivity contribution in [3.05, 3.63) is 59.3 Å². The minimum absolute atomic E-state index is 0.0107. The third-order valence-electron chi connectivity index (χ3n) is 5.31. The van der Waals surface area contributed by atoms with Crippen molar-refractivity contribution < 1.29 is 9.90 Å². The second-order valence-corrected chi connectivity index (χ2v) is 6.94. The number of aliphatic hydroxyl groups excluding tert-OH is 1. The van der Waals surface area contributed by atoms with Crippen molar-refractivity contribution >= 4 is 16.8 Å². The average Bonchev–Trinajstić information content (AvgIpc) is 3.11. The van der Waals surface area contributed by atoms with E-state index in [-0.39, 0.29) is 6.61 Å². The topological polar surface area (TPSA) is 91.1 Å². The molecule has 0 radical (unpaired) electrons. The van der Waals surface area contributed by atoms with Crippen LogP contribution in [0.5, 0.6) is 0 Å². The molecular weight excluding hydrogens is 326 g/mol. The number of nitrogens with two attached hydrogens (primary N) is 1. The number of hydrogen-bond acceptors (Lipinski definition) is 3. The standard InChI is InChI=1S/C21H23N3O2/c22-21(26)18-10-16(15-3-1-2-13(8-15)12-25)9-17-19(11-24-20(17)18)14-4-6-23-7-5-14/h1-3,8-11,14,23-25H,4-7,12H2,(H2,22,26). The van der Waals surface area contributed by atoms with Crippen molar-refractivity contribution in [3.8, 4) is 11.1 Å². The second-order valence-electron chi connectivity index (χ2n) is 6.94. The molecule has 5 N–H and O–H groups in total. The van der Waals surface area contributed by atoms with Crippen LogP contribution in [-0.4, -0.2) is 29.1 Å². The van der Waals surface area contributed by atoms with Crippen molar-refractivity contribution in [2.75, 3.05) is 13.1 Å². The Hall–Kier alpha value is -2.63. The van der Waals surface area contributed by atoms with E-state index in [0.29, 0.717) is 11.5 Å². The van der Waals surface area contributed by atoms with Gasteiger partial charge in [-0.15, -0.1) is 0 Å². The number of aliphatic hydroxyl groups is 1. The van der Waals surface area contributed by atoms with E-state index < -0.39 is 5.91 Å². The molecule has 0 bridgehead atoms. The van der Waals surface area contributed by atoms with Gasteiger partial charge in [0.1, 0.15) is 0 Å². The van der Waals surface area contributed by atoms with E-state index >= 15 is 0 Å². The smallest absolute Gasteiger partial charge is 0.250 e. The molecule has 1 saturated heterocycles. The number of piperidine rings is 1. The molecule has 4 rings (SSSR count). The van der Waals surface area contributed by atoms with Crippen molar-refractivity contribution in [2.24, 2.45) is 5.73 Å². The highest BCUT2D eigenvalue weighted by Crippen LogP contribution is 2.35. The third-order valence-corrected chi connectivity index (χ3v) is 5.31. The van der Waals surface area contributed by atoms with Crippen LogP contribution in [0, 0.1) is 0 Å². The Labute approximate surface area is 152 Å². The number of carbonyl (C=O) groups excluding carboxylic acids is 1. The molecule has 2 heterocycles. The normalized spacial score (nSPS) is 15.4. The van der Waals surface area contributed by atoms with Gasteiger partial charge in [-0.3, -0.25) is 4.79 Å². The van der Waals surface area contributed by atoms with E-state index in [1.165, 1.54) is 5.56 Å². The highest BCUT2D eigenvalue weighted by atomic mass is 16.3. The van der Waals surface area contributed by atoms with E-state index in [1.807, 2.05) is 36.5 Å². The Morgan fingerprint density at radius 2 is 1.96 bits per heavy atom. The minimum atomic E-state index is -0.436. The predicted molar refractivity (Wildman–Crippen MR) is 103 cm³/mol. The summed E-state index contributed by atoms with van der Waals surface area (Å²) < 4.78 is 0. The molecule has 1 amide bonds. The van der Waals surface area contributed by atoms with Gasteiger partial charge in [-0.05, 0) is 72.3 Å².